The Kier molecular flexibility index (Phi) is 7.62. The second-order valence-corrected chi connectivity index (χ2v) is 14.2. The highest BCUT2D eigenvalue weighted by Crippen LogP contribution is 2.51. The number of hydrogen-bond donors (Lipinski definition) is 0. The molecule has 11 aromatic rings. The molecule has 268 valence electrons. The van der Waals surface area contributed by atoms with E-state index in [4.69, 9.17) is 15.0 Å². The quantitative estimate of drug-likeness (QED) is 0.153. The summed E-state index contributed by atoms with van der Waals surface area (Å²) in [5.74, 6) is 1.68. The van der Waals surface area contributed by atoms with Crippen molar-refractivity contribution in [1.29, 1.82) is 0 Å². The first kappa shape index (κ1) is 32.7. The number of para-hydroxylation sites is 7. The van der Waals surface area contributed by atoms with Gasteiger partial charge < -0.3 is 0 Å². The van der Waals surface area contributed by atoms with Crippen LogP contribution in [0.25, 0.3) is 66.9 Å². The number of nitrogens with zero attached hydrogens (tertiary/aromatic N) is 6. The number of hydrogen-bond acceptors (Lipinski definition) is 3. The Hall–Kier alpha value is -7.67. The second-order valence-electron chi connectivity index (χ2n) is 14.2. The largest absolute Gasteiger partial charge is 0.278 e. The molecule has 0 fully saturated rings. The van der Waals surface area contributed by atoms with Crippen LogP contribution >= 0.6 is 0 Å². The highest BCUT2D eigenvalue weighted by molar-refractivity contribution is 6.10. The van der Waals surface area contributed by atoms with Crippen LogP contribution in [0.3, 0.4) is 0 Å². The van der Waals surface area contributed by atoms with Crippen LogP contribution in [0.15, 0.2) is 212 Å². The molecular weight excluding hydrogens is 697 g/mol. The minimum absolute atomic E-state index is 0.362. The summed E-state index contributed by atoms with van der Waals surface area (Å²) in [4.78, 5) is 16.1. The van der Waals surface area contributed by atoms with E-state index in [1.807, 2.05) is 0 Å². The van der Waals surface area contributed by atoms with Gasteiger partial charge in [-0.2, -0.15) is 19.4 Å². The van der Waals surface area contributed by atoms with E-state index in [9.17, 15) is 0 Å². The lowest BCUT2D eigenvalue weighted by atomic mass is 10.0. The Bertz CT molecular complexity index is 2910. The minimum Gasteiger partial charge on any atom is -0.278 e. The smallest absolute Gasteiger partial charge is 0.240 e. The number of benzene rings is 8. The van der Waals surface area contributed by atoms with E-state index in [1.54, 1.807) is 0 Å². The third-order valence-corrected chi connectivity index (χ3v) is 11.1. The molecule has 0 spiro atoms. The molecule has 0 N–H and O–H groups in total. The van der Waals surface area contributed by atoms with Crippen molar-refractivity contribution < 1.29 is 0 Å². The van der Waals surface area contributed by atoms with Crippen molar-refractivity contribution in [2.45, 2.75) is 0 Å². The molecule has 6 nitrogen and oxygen atoms in total. The molecule has 0 radical (unpaired) electrons. The van der Waals surface area contributed by atoms with Crippen molar-refractivity contribution in [1.82, 2.24) is 28.6 Å². The van der Waals surface area contributed by atoms with E-state index >= 15 is 0 Å². The van der Waals surface area contributed by atoms with Gasteiger partial charge in [-0.05, 0) is 24.3 Å². The maximum Gasteiger partial charge on any atom is 0.240 e. The van der Waals surface area contributed by atoms with E-state index in [0.29, 0.717) is 22.2 Å². The van der Waals surface area contributed by atoms with Crippen LogP contribution < -0.4 is 4.48 Å². The Morgan fingerprint density at radius 2 is 0.632 bits per heavy atom. The lowest BCUT2D eigenvalue weighted by molar-refractivity contribution is 0.704. The highest BCUT2D eigenvalue weighted by atomic mass is 15.4. The van der Waals surface area contributed by atoms with Gasteiger partial charge in [-0.1, -0.05) is 140 Å². The average molecular weight is 732 g/mol. The Labute approximate surface area is 329 Å². The summed E-state index contributed by atoms with van der Waals surface area (Å²) < 4.78 is 4.71. The molecule has 6 heteroatoms. The van der Waals surface area contributed by atoms with Crippen LogP contribution in [-0.4, -0.2) is 24.1 Å². The van der Waals surface area contributed by atoms with Gasteiger partial charge in [0.25, 0.3) is 0 Å². The van der Waals surface area contributed by atoms with Gasteiger partial charge in [0.05, 0.1) is 22.1 Å². The fourth-order valence-corrected chi connectivity index (χ4v) is 8.66. The Morgan fingerprint density at radius 1 is 0.298 bits per heavy atom. The molecule has 0 aliphatic rings. The second kappa shape index (κ2) is 13.3. The number of fused-ring (bicyclic) bond motifs is 6. The van der Waals surface area contributed by atoms with E-state index in [0.717, 1.165) is 71.9 Å². The van der Waals surface area contributed by atoms with E-state index in [-0.39, 0.29) is 0 Å². The third-order valence-electron chi connectivity index (χ3n) is 11.1. The van der Waals surface area contributed by atoms with Gasteiger partial charge in [0, 0.05) is 75.6 Å². The lowest BCUT2D eigenvalue weighted by Gasteiger charge is -2.37. The van der Waals surface area contributed by atoms with E-state index in [1.165, 1.54) is 0 Å². The van der Waals surface area contributed by atoms with Gasteiger partial charge in [0.15, 0.2) is 5.82 Å². The van der Waals surface area contributed by atoms with Crippen LogP contribution in [0.2, 0.25) is 0 Å². The first-order valence-corrected chi connectivity index (χ1v) is 19.2. The first-order valence-electron chi connectivity index (χ1n) is 19.2. The minimum atomic E-state index is 0.362. The summed E-state index contributed by atoms with van der Waals surface area (Å²) in [5, 5.41) is 4.58. The van der Waals surface area contributed by atoms with Crippen molar-refractivity contribution in [3.8, 4) is 23.3 Å². The predicted octanol–water partition coefficient (Wildman–Crippen LogP) is 13.0. The van der Waals surface area contributed by atoms with E-state index < -0.39 is 0 Å². The van der Waals surface area contributed by atoms with Crippen LogP contribution in [0.1, 0.15) is 0 Å². The van der Waals surface area contributed by atoms with Gasteiger partial charge in [0.2, 0.25) is 11.9 Å². The Morgan fingerprint density at radius 3 is 1.02 bits per heavy atom. The maximum absolute atomic E-state index is 5.38. The van der Waals surface area contributed by atoms with Crippen LogP contribution in [-0.2, 0) is 0 Å². The van der Waals surface area contributed by atoms with Crippen molar-refractivity contribution in [3.63, 3.8) is 0 Å². The molecule has 0 aliphatic heterocycles. The fraction of sp³-hybridized carbons (Fsp3) is 0. The predicted molar refractivity (Wildman–Crippen MR) is 234 cm³/mol. The summed E-state index contributed by atoms with van der Waals surface area (Å²) in [6, 6.07) is 74.7. The molecule has 0 unspecified atom stereocenters. The van der Waals surface area contributed by atoms with Crippen LogP contribution in [0.4, 0.5) is 22.7 Å². The first-order chi connectivity index (χ1) is 28.3. The summed E-state index contributed by atoms with van der Waals surface area (Å²) in [6.45, 7) is 0. The molecule has 57 heavy (non-hydrogen) atoms. The fourth-order valence-electron chi connectivity index (χ4n) is 8.66. The molecule has 3 heterocycles. The zero-order valence-electron chi connectivity index (χ0n) is 30.9. The van der Waals surface area contributed by atoms with Gasteiger partial charge in [-0.3, -0.25) is 9.13 Å². The van der Waals surface area contributed by atoms with Crippen molar-refractivity contribution in [2.75, 3.05) is 0 Å². The highest BCUT2D eigenvalue weighted by Gasteiger charge is 2.39. The van der Waals surface area contributed by atoms with Crippen molar-refractivity contribution >= 4 is 66.4 Å². The average Bonchev–Trinajstić information content (AvgIpc) is 3.81. The summed E-state index contributed by atoms with van der Waals surface area (Å²) >= 11 is 0. The van der Waals surface area contributed by atoms with Crippen LogP contribution in [0, 0.1) is 0 Å². The summed E-state index contributed by atoms with van der Waals surface area (Å²) in [6.07, 6.45) is 0. The zero-order valence-corrected chi connectivity index (χ0v) is 30.9. The molecule has 8 aromatic carbocycles. The molecule has 11 rings (SSSR count). The summed E-state index contributed by atoms with van der Waals surface area (Å²) in [7, 11) is 0. The number of quaternary nitrogens is 1. The standard InChI is InChI=1S/C51H35N6/c1-4-20-37(21-5-1)57(38-22-6-2-7-23-38,39-24-8-3-9-25-39)40-26-18-19-36(35-40)49-52-50(55-45-31-14-10-27-41(45)42-28-11-15-32-46(42)55)54-51(53-49)56-47-33-16-12-29-43(47)44-30-13-17-34-48(44)56/h1-35H/q+1. The van der Waals surface area contributed by atoms with Gasteiger partial charge >= 0.3 is 0 Å². The van der Waals surface area contributed by atoms with Gasteiger partial charge in [-0.25, -0.2) is 0 Å². The zero-order chi connectivity index (χ0) is 37.8. The third kappa shape index (κ3) is 5.12. The SMILES string of the molecule is c1ccc([N+](c2ccccc2)(c2ccccc2)c2cccc(-c3nc(-n4c5ccccc5c5ccccc54)nc(-n4c5ccccc5c5ccccc54)n3)c2)cc1. The van der Waals surface area contributed by atoms with Crippen LogP contribution in [0.5, 0.6) is 0 Å². The molecule has 0 saturated carbocycles. The van der Waals surface area contributed by atoms with Gasteiger partial charge in [-0.15, -0.1) is 0 Å². The maximum atomic E-state index is 5.38. The van der Waals surface area contributed by atoms with Gasteiger partial charge in [0.1, 0.15) is 22.7 Å². The molecule has 0 amide bonds. The molecule has 3 aromatic heterocycles. The topological polar surface area (TPSA) is 48.5 Å². The molecule has 0 atom stereocenters. The molecule has 0 aliphatic carbocycles. The molecule has 0 saturated heterocycles. The normalized spacial score (nSPS) is 11.9. The molecule has 0 bridgehead atoms. The lowest BCUT2D eigenvalue weighted by Crippen LogP contribution is -2.33. The van der Waals surface area contributed by atoms with Crippen molar-refractivity contribution in [2.24, 2.45) is 0 Å². The monoisotopic (exact) mass is 731 g/mol. The van der Waals surface area contributed by atoms with E-state index in [2.05, 4.69) is 221 Å². The molecular formula is C51H35N6+. The summed E-state index contributed by atoms with van der Waals surface area (Å²) in [5.41, 5.74) is 9.39. The number of rotatable bonds is 7. The number of aromatic nitrogens is 5. The Balaban J connectivity index is 1.22. The van der Waals surface area contributed by atoms with Crippen molar-refractivity contribution in [3.05, 3.63) is 212 Å².